The molecule has 0 aromatic carbocycles. The normalized spacial score (nSPS) is 24.0. The molecule has 0 aromatic heterocycles. The Morgan fingerprint density at radius 2 is 2.00 bits per heavy atom. The van der Waals surface area contributed by atoms with Crippen molar-refractivity contribution in [2.45, 2.75) is 33.6 Å². The summed E-state index contributed by atoms with van der Waals surface area (Å²) in [6.45, 7) is 9.68. The second-order valence-electron chi connectivity index (χ2n) is 4.94. The number of halogens is 1. The fourth-order valence-corrected chi connectivity index (χ4v) is 3.33. The summed E-state index contributed by atoms with van der Waals surface area (Å²) in [7, 11) is 0. The summed E-state index contributed by atoms with van der Waals surface area (Å²) >= 11 is 2.57. The predicted octanol–water partition coefficient (Wildman–Crippen LogP) is 3.33. The predicted molar refractivity (Wildman–Crippen MR) is 72.0 cm³/mol. The van der Waals surface area contributed by atoms with Crippen molar-refractivity contribution in [3.63, 3.8) is 0 Å². The summed E-state index contributed by atoms with van der Waals surface area (Å²) in [5, 5.41) is 3.39. The molecule has 1 nitrogen and oxygen atoms in total. The lowest BCUT2D eigenvalue weighted by atomic mass is 9.77. The lowest BCUT2D eigenvalue weighted by Crippen LogP contribution is -2.47. The van der Waals surface area contributed by atoms with E-state index in [2.05, 4.69) is 48.7 Å². The van der Waals surface area contributed by atoms with Crippen LogP contribution in [0.5, 0.6) is 0 Å². The number of hydrogen-bond donors (Lipinski definition) is 1. The van der Waals surface area contributed by atoms with Gasteiger partial charge in [0.2, 0.25) is 0 Å². The molecule has 0 spiro atoms. The molecule has 1 aliphatic rings. The molecule has 0 bridgehead atoms. The van der Waals surface area contributed by atoms with Crippen LogP contribution in [0.2, 0.25) is 0 Å². The van der Waals surface area contributed by atoms with E-state index in [1.807, 2.05) is 0 Å². The zero-order chi connectivity index (χ0) is 10.6. The second-order valence-corrected chi connectivity index (χ2v) is 5.82. The Kier molecular flexibility index (Phi) is 5.75. The van der Waals surface area contributed by atoms with Crippen molar-refractivity contribution in [2.24, 2.45) is 23.7 Å². The van der Waals surface area contributed by atoms with Crippen molar-refractivity contribution in [1.29, 1.82) is 0 Å². The average Bonchev–Trinajstić information content (AvgIpc) is 2.10. The molecule has 14 heavy (non-hydrogen) atoms. The lowest BCUT2D eigenvalue weighted by molar-refractivity contribution is 0.176. The number of nitrogens with one attached hydrogen (secondary N) is 1. The molecular weight excluding hydrogens is 285 g/mol. The summed E-state index contributed by atoms with van der Waals surface area (Å²) in [6.07, 6.45) is 2.76. The number of alkyl halides is 1. The Morgan fingerprint density at radius 3 is 2.36 bits per heavy atom. The van der Waals surface area contributed by atoms with Crippen molar-refractivity contribution in [2.75, 3.05) is 17.5 Å². The van der Waals surface area contributed by atoms with Crippen LogP contribution in [-0.2, 0) is 0 Å². The first-order valence-electron chi connectivity index (χ1n) is 5.95. The fraction of sp³-hybridized carbons (Fsp3) is 1.00. The molecule has 1 fully saturated rings. The molecule has 0 amide bonds. The number of rotatable bonds is 6. The van der Waals surface area contributed by atoms with Crippen LogP contribution in [-0.4, -0.2) is 17.5 Å². The van der Waals surface area contributed by atoms with Crippen LogP contribution < -0.4 is 5.32 Å². The minimum absolute atomic E-state index is 0.908. The van der Waals surface area contributed by atoms with Gasteiger partial charge < -0.3 is 5.32 Å². The zero-order valence-electron chi connectivity index (χ0n) is 9.72. The molecule has 84 valence electrons. The Morgan fingerprint density at radius 1 is 1.36 bits per heavy atom. The monoisotopic (exact) mass is 309 g/mol. The van der Waals surface area contributed by atoms with Gasteiger partial charge in [-0.15, -0.1) is 0 Å². The highest BCUT2D eigenvalue weighted by molar-refractivity contribution is 14.1. The van der Waals surface area contributed by atoms with Crippen LogP contribution in [0.3, 0.4) is 0 Å². The van der Waals surface area contributed by atoms with Gasteiger partial charge in [-0.2, -0.15) is 0 Å². The molecule has 3 atom stereocenters. The van der Waals surface area contributed by atoms with E-state index in [0.717, 1.165) is 23.7 Å². The first-order valence-corrected chi connectivity index (χ1v) is 7.48. The average molecular weight is 309 g/mol. The highest BCUT2D eigenvalue weighted by Gasteiger charge is 2.29. The molecule has 0 saturated carbocycles. The maximum absolute atomic E-state index is 3.39. The SMILES string of the molecule is CC[C@@H](C)CC(CI)C(C)C1CNC1. The third-order valence-corrected chi connectivity index (χ3v) is 5.03. The maximum Gasteiger partial charge on any atom is 0.00264 e. The molecule has 2 heteroatoms. The molecule has 0 aromatic rings. The highest BCUT2D eigenvalue weighted by atomic mass is 127. The molecule has 1 heterocycles. The van der Waals surface area contributed by atoms with Gasteiger partial charge in [0.15, 0.2) is 0 Å². The Hall–Kier alpha value is 0.690. The Balaban J connectivity index is 2.35. The van der Waals surface area contributed by atoms with E-state index < -0.39 is 0 Å². The second kappa shape index (κ2) is 6.31. The van der Waals surface area contributed by atoms with Crippen molar-refractivity contribution in [3.05, 3.63) is 0 Å². The van der Waals surface area contributed by atoms with E-state index in [0.29, 0.717) is 0 Å². The summed E-state index contributed by atoms with van der Waals surface area (Å²) in [5.74, 6) is 3.73. The zero-order valence-corrected chi connectivity index (χ0v) is 11.9. The van der Waals surface area contributed by atoms with Crippen LogP contribution in [0.25, 0.3) is 0 Å². The van der Waals surface area contributed by atoms with Crippen LogP contribution in [0.1, 0.15) is 33.6 Å². The molecule has 0 aliphatic carbocycles. The molecule has 1 rings (SSSR count). The molecule has 2 unspecified atom stereocenters. The first kappa shape index (κ1) is 12.8. The van der Waals surface area contributed by atoms with E-state index in [9.17, 15) is 0 Å². The van der Waals surface area contributed by atoms with E-state index in [4.69, 9.17) is 0 Å². The largest absolute Gasteiger partial charge is 0.316 e. The van der Waals surface area contributed by atoms with Gasteiger partial charge in [0.1, 0.15) is 0 Å². The molecule has 1 saturated heterocycles. The van der Waals surface area contributed by atoms with Gasteiger partial charge in [-0.25, -0.2) is 0 Å². The summed E-state index contributed by atoms with van der Waals surface area (Å²) in [6, 6.07) is 0. The van der Waals surface area contributed by atoms with Gasteiger partial charge >= 0.3 is 0 Å². The lowest BCUT2D eigenvalue weighted by Gasteiger charge is -2.37. The molecule has 0 radical (unpaired) electrons. The van der Waals surface area contributed by atoms with Crippen molar-refractivity contribution >= 4 is 22.6 Å². The quantitative estimate of drug-likeness (QED) is 0.586. The minimum Gasteiger partial charge on any atom is -0.316 e. The Bertz CT molecular complexity index is 156. The van der Waals surface area contributed by atoms with Crippen molar-refractivity contribution in [3.8, 4) is 0 Å². The van der Waals surface area contributed by atoms with E-state index in [1.54, 1.807) is 0 Å². The maximum atomic E-state index is 3.39. The third kappa shape index (κ3) is 3.37. The third-order valence-electron chi connectivity index (χ3n) is 3.90. The molecule has 1 N–H and O–H groups in total. The summed E-state index contributed by atoms with van der Waals surface area (Å²) in [4.78, 5) is 0. The van der Waals surface area contributed by atoms with E-state index in [-0.39, 0.29) is 0 Å². The van der Waals surface area contributed by atoms with Crippen LogP contribution in [0.15, 0.2) is 0 Å². The van der Waals surface area contributed by atoms with Gasteiger partial charge in [0.05, 0.1) is 0 Å². The van der Waals surface area contributed by atoms with Gasteiger partial charge in [0, 0.05) is 4.43 Å². The van der Waals surface area contributed by atoms with Gasteiger partial charge in [-0.1, -0.05) is 49.8 Å². The molecule has 1 aliphatic heterocycles. The van der Waals surface area contributed by atoms with Crippen LogP contribution >= 0.6 is 22.6 Å². The highest BCUT2D eigenvalue weighted by Crippen LogP contribution is 2.31. The summed E-state index contributed by atoms with van der Waals surface area (Å²) < 4.78 is 1.33. The van der Waals surface area contributed by atoms with E-state index in [1.165, 1.54) is 30.4 Å². The smallest absolute Gasteiger partial charge is 0.00264 e. The standard InChI is InChI=1S/C12H24IN/c1-4-9(2)5-11(6-13)10(3)12-7-14-8-12/h9-12,14H,4-8H2,1-3H3/t9-,10?,11?/m1/s1. The number of hydrogen-bond acceptors (Lipinski definition) is 1. The fourth-order valence-electron chi connectivity index (χ4n) is 2.17. The molecular formula is C12H24IN. The van der Waals surface area contributed by atoms with Gasteiger partial charge in [-0.05, 0) is 43.2 Å². The van der Waals surface area contributed by atoms with Crippen molar-refractivity contribution in [1.82, 2.24) is 5.32 Å². The van der Waals surface area contributed by atoms with Crippen molar-refractivity contribution < 1.29 is 0 Å². The first-order chi connectivity index (χ1) is 6.69. The topological polar surface area (TPSA) is 12.0 Å². The Labute approximate surface area is 103 Å². The van der Waals surface area contributed by atoms with Gasteiger partial charge in [-0.3, -0.25) is 0 Å². The van der Waals surface area contributed by atoms with E-state index >= 15 is 0 Å². The summed E-state index contributed by atoms with van der Waals surface area (Å²) in [5.41, 5.74) is 0. The minimum atomic E-state index is 0.908. The van der Waals surface area contributed by atoms with Gasteiger partial charge in [0.25, 0.3) is 0 Å². The van der Waals surface area contributed by atoms with Crippen LogP contribution in [0, 0.1) is 23.7 Å². The van der Waals surface area contributed by atoms with Crippen LogP contribution in [0.4, 0.5) is 0 Å².